The van der Waals surface area contributed by atoms with Gasteiger partial charge >= 0.3 is 0 Å². The third-order valence-corrected chi connectivity index (χ3v) is 4.92. The van der Waals surface area contributed by atoms with E-state index in [9.17, 15) is 4.79 Å². The van der Waals surface area contributed by atoms with E-state index >= 15 is 0 Å². The Kier molecular flexibility index (Phi) is 7.19. The van der Waals surface area contributed by atoms with Crippen LogP contribution in [0.5, 0.6) is 5.75 Å². The molecule has 0 bridgehead atoms. The van der Waals surface area contributed by atoms with Crippen molar-refractivity contribution >= 4 is 17.7 Å². The summed E-state index contributed by atoms with van der Waals surface area (Å²) < 4.78 is 5.14. The Morgan fingerprint density at radius 3 is 2.42 bits per heavy atom. The molecule has 1 N–H and O–H groups in total. The third kappa shape index (κ3) is 5.93. The van der Waals surface area contributed by atoms with E-state index in [2.05, 4.69) is 36.5 Å². The highest BCUT2D eigenvalue weighted by atomic mass is 32.2. The maximum Gasteiger partial charge on any atom is 0.233 e. The molecule has 0 unspecified atom stereocenters. The number of hydrogen-bond acceptors (Lipinski definition) is 3. The highest BCUT2D eigenvalue weighted by Gasteiger charge is 2.13. The summed E-state index contributed by atoms with van der Waals surface area (Å²) in [6, 6.07) is 16.3. The minimum atomic E-state index is -0.113. The van der Waals surface area contributed by atoms with Gasteiger partial charge in [0.2, 0.25) is 5.91 Å². The molecule has 0 saturated heterocycles. The lowest BCUT2D eigenvalue weighted by Crippen LogP contribution is -2.31. The minimum Gasteiger partial charge on any atom is -0.497 e. The second-order valence-electron chi connectivity index (χ2n) is 5.82. The first kappa shape index (κ1) is 18.4. The van der Waals surface area contributed by atoms with Gasteiger partial charge in [0.05, 0.1) is 12.4 Å². The summed E-state index contributed by atoms with van der Waals surface area (Å²) >= 11 is 1.56. The molecule has 3 nitrogen and oxygen atoms in total. The van der Waals surface area contributed by atoms with Gasteiger partial charge in [-0.3, -0.25) is 4.79 Å². The maximum absolute atomic E-state index is 12.2. The molecule has 0 radical (unpaired) electrons. The predicted molar refractivity (Wildman–Crippen MR) is 101 cm³/mol. The fourth-order valence-electron chi connectivity index (χ4n) is 2.31. The van der Waals surface area contributed by atoms with E-state index in [-0.39, 0.29) is 11.2 Å². The van der Waals surface area contributed by atoms with E-state index in [4.69, 9.17) is 4.74 Å². The fraction of sp³-hybridized carbons (Fsp3) is 0.350. The van der Waals surface area contributed by atoms with Crippen molar-refractivity contribution in [1.82, 2.24) is 5.32 Å². The zero-order chi connectivity index (χ0) is 17.4. The number of rotatable bonds is 8. The van der Waals surface area contributed by atoms with Gasteiger partial charge < -0.3 is 10.1 Å². The highest BCUT2D eigenvalue weighted by molar-refractivity contribution is 8.00. The second kappa shape index (κ2) is 9.38. The molecular formula is C20H25NO2S. The van der Waals surface area contributed by atoms with Crippen molar-refractivity contribution in [2.24, 2.45) is 0 Å². The Hall–Kier alpha value is -1.94. The Labute approximate surface area is 148 Å². The summed E-state index contributed by atoms with van der Waals surface area (Å²) in [7, 11) is 1.65. The lowest BCUT2D eigenvalue weighted by molar-refractivity contribution is -0.120. The van der Waals surface area contributed by atoms with Gasteiger partial charge in [0.25, 0.3) is 0 Å². The van der Waals surface area contributed by atoms with Gasteiger partial charge in [0, 0.05) is 11.4 Å². The number of benzene rings is 2. The zero-order valence-electron chi connectivity index (χ0n) is 14.5. The van der Waals surface area contributed by atoms with Crippen LogP contribution in [-0.2, 0) is 11.2 Å². The molecule has 4 heteroatoms. The molecule has 0 saturated carbocycles. The Balaban J connectivity index is 1.70. The van der Waals surface area contributed by atoms with Crippen LogP contribution in [-0.4, -0.2) is 24.8 Å². The summed E-state index contributed by atoms with van der Waals surface area (Å²) in [5, 5.41) is 2.91. The van der Waals surface area contributed by atoms with Gasteiger partial charge in [-0.15, -0.1) is 11.8 Å². The number of methoxy groups -OCH3 is 1. The molecule has 0 aromatic heterocycles. The smallest absolute Gasteiger partial charge is 0.233 e. The molecule has 24 heavy (non-hydrogen) atoms. The first-order chi connectivity index (χ1) is 11.6. The number of carbonyl (C=O) groups is 1. The Morgan fingerprint density at radius 1 is 1.12 bits per heavy atom. The van der Waals surface area contributed by atoms with Gasteiger partial charge in [0.1, 0.15) is 5.75 Å². The standard InChI is InChI=1S/C20H25NO2S/c1-15-6-8-17(9-7-15)5-4-14-21-20(22)16(2)24-19-12-10-18(23-3)11-13-19/h6-13,16H,4-5,14H2,1-3H3,(H,21,22)/t16-/m1/s1. The van der Waals surface area contributed by atoms with Crippen LogP contribution in [0.4, 0.5) is 0 Å². The third-order valence-electron chi connectivity index (χ3n) is 3.80. The van der Waals surface area contributed by atoms with Gasteiger partial charge in [0.15, 0.2) is 0 Å². The molecule has 0 aliphatic heterocycles. The average Bonchev–Trinajstić information content (AvgIpc) is 2.60. The monoisotopic (exact) mass is 343 g/mol. The number of hydrogen-bond donors (Lipinski definition) is 1. The van der Waals surface area contributed by atoms with Crippen molar-refractivity contribution < 1.29 is 9.53 Å². The molecule has 0 aliphatic rings. The average molecular weight is 343 g/mol. The second-order valence-corrected chi connectivity index (χ2v) is 7.23. The van der Waals surface area contributed by atoms with Crippen LogP contribution in [0.15, 0.2) is 53.4 Å². The zero-order valence-corrected chi connectivity index (χ0v) is 15.4. The van der Waals surface area contributed by atoms with Gasteiger partial charge in [-0.1, -0.05) is 29.8 Å². The first-order valence-corrected chi connectivity index (χ1v) is 9.10. The van der Waals surface area contributed by atoms with Crippen molar-refractivity contribution in [1.29, 1.82) is 0 Å². The van der Waals surface area contributed by atoms with E-state index in [1.54, 1.807) is 18.9 Å². The van der Waals surface area contributed by atoms with Crippen LogP contribution in [0.2, 0.25) is 0 Å². The van der Waals surface area contributed by atoms with Crippen LogP contribution in [0.3, 0.4) is 0 Å². The number of thioether (sulfide) groups is 1. The van der Waals surface area contributed by atoms with E-state index in [1.807, 2.05) is 31.2 Å². The number of carbonyl (C=O) groups excluding carboxylic acids is 1. The highest BCUT2D eigenvalue weighted by Crippen LogP contribution is 2.25. The number of ether oxygens (including phenoxy) is 1. The van der Waals surface area contributed by atoms with Crippen molar-refractivity contribution in [2.45, 2.75) is 36.8 Å². The van der Waals surface area contributed by atoms with Gasteiger partial charge in [-0.05, 0) is 56.5 Å². The molecule has 128 valence electrons. The fourth-order valence-corrected chi connectivity index (χ4v) is 3.21. The van der Waals surface area contributed by atoms with Crippen molar-refractivity contribution in [2.75, 3.05) is 13.7 Å². The molecular weight excluding hydrogens is 318 g/mol. The van der Waals surface area contributed by atoms with E-state index in [1.165, 1.54) is 11.1 Å². The normalized spacial score (nSPS) is 11.8. The largest absolute Gasteiger partial charge is 0.497 e. The quantitative estimate of drug-likeness (QED) is 0.576. The lowest BCUT2D eigenvalue weighted by Gasteiger charge is -2.12. The van der Waals surface area contributed by atoms with Crippen LogP contribution in [0.25, 0.3) is 0 Å². The number of aryl methyl sites for hydroxylation is 2. The topological polar surface area (TPSA) is 38.3 Å². The lowest BCUT2D eigenvalue weighted by atomic mass is 10.1. The summed E-state index contributed by atoms with van der Waals surface area (Å²) in [5.41, 5.74) is 2.59. The van der Waals surface area contributed by atoms with Crippen molar-refractivity contribution in [3.8, 4) is 5.75 Å². The summed E-state index contributed by atoms with van der Waals surface area (Å²) in [5.74, 6) is 0.910. The van der Waals surface area contributed by atoms with Crippen molar-refractivity contribution in [3.63, 3.8) is 0 Å². The summed E-state index contributed by atoms with van der Waals surface area (Å²) in [6.07, 6.45) is 1.94. The SMILES string of the molecule is COc1ccc(S[C@H](C)C(=O)NCCCc2ccc(C)cc2)cc1. The molecule has 0 spiro atoms. The van der Waals surface area contributed by atoms with Gasteiger partial charge in [-0.25, -0.2) is 0 Å². The minimum absolute atomic E-state index is 0.0831. The predicted octanol–water partition coefficient (Wildman–Crippen LogP) is 4.23. The number of nitrogens with one attached hydrogen (secondary N) is 1. The molecule has 2 aromatic carbocycles. The van der Waals surface area contributed by atoms with E-state index < -0.39 is 0 Å². The van der Waals surface area contributed by atoms with Gasteiger partial charge in [-0.2, -0.15) is 0 Å². The molecule has 0 aliphatic carbocycles. The molecule has 1 amide bonds. The number of amides is 1. The summed E-state index contributed by atoms with van der Waals surface area (Å²) in [4.78, 5) is 13.2. The van der Waals surface area contributed by atoms with Crippen LogP contribution >= 0.6 is 11.8 Å². The maximum atomic E-state index is 12.2. The van der Waals surface area contributed by atoms with E-state index in [0.717, 1.165) is 23.5 Å². The molecule has 2 rings (SSSR count). The Bertz CT molecular complexity index is 638. The van der Waals surface area contributed by atoms with Crippen LogP contribution in [0, 0.1) is 6.92 Å². The van der Waals surface area contributed by atoms with Crippen molar-refractivity contribution in [3.05, 3.63) is 59.7 Å². The molecule has 0 heterocycles. The summed E-state index contributed by atoms with van der Waals surface area (Å²) in [6.45, 7) is 4.73. The Morgan fingerprint density at radius 2 is 1.79 bits per heavy atom. The first-order valence-electron chi connectivity index (χ1n) is 8.22. The molecule has 0 fully saturated rings. The van der Waals surface area contributed by atoms with Crippen LogP contribution in [0.1, 0.15) is 24.5 Å². The van der Waals surface area contributed by atoms with E-state index in [0.29, 0.717) is 6.54 Å². The van der Waals surface area contributed by atoms with Crippen LogP contribution < -0.4 is 10.1 Å². The molecule has 1 atom stereocenters. The molecule has 2 aromatic rings.